The van der Waals surface area contributed by atoms with E-state index in [4.69, 9.17) is 5.11 Å². The van der Waals surface area contributed by atoms with Crippen molar-refractivity contribution in [1.29, 1.82) is 0 Å². The molecule has 0 atom stereocenters. The van der Waals surface area contributed by atoms with Crippen LogP contribution in [0.4, 0.5) is 17.6 Å². The number of carboxylic acid groups (broad SMARTS) is 1. The number of halogens is 4. The van der Waals surface area contributed by atoms with Gasteiger partial charge < -0.3 is 10.4 Å². The molecule has 2 aliphatic rings. The molecule has 0 aliphatic heterocycles. The van der Waals surface area contributed by atoms with E-state index in [-0.39, 0.29) is 30.7 Å². The van der Waals surface area contributed by atoms with Gasteiger partial charge in [-0.3, -0.25) is 9.69 Å². The number of benzene rings is 1. The minimum Gasteiger partial charge on any atom is -0.480 e. The smallest absolute Gasteiger partial charge is 0.416 e. The van der Waals surface area contributed by atoms with Gasteiger partial charge in [-0.1, -0.05) is 6.07 Å². The molecule has 0 bridgehead atoms. The lowest BCUT2D eigenvalue weighted by Crippen LogP contribution is -2.54. The SMILES string of the molecule is O=C(O)CN(CC1CC1)C1CC(NCc2ccc(F)cc2C(F)(F)F)C1. The summed E-state index contributed by atoms with van der Waals surface area (Å²) in [7, 11) is 0. The van der Waals surface area contributed by atoms with E-state index in [1.807, 2.05) is 4.90 Å². The Morgan fingerprint density at radius 2 is 1.96 bits per heavy atom. The minimum absolute atomic E-state index is 0.00404. The first-order chi connectivity index (χ1) is 12.2. The van der Waals surface area contributed by atoms with Gasteiger partial charge in [-0.2, -0.15) is 13.2 Å². The molecule has 1 aromatic rings. The zero-order valence-corrected chi connectivity index (χ0v) is 14.2. The molecule has 8 heteroatoms. The van der Waals surface area contributed by atoms with Crippen LogP contribution in [-0.4, -0.2) is 41.1 Å². The van der Waals surface area contributed by atoms with E-state index < -0.39 is 23.5 Å². The molecule has 1 aromatic carbocycles. The molecular formula is C18H22F4N2O2. The summed E-state index contributed by atoms with van der Waals surface area (Å²) in [6, 6.07) is 2.90. The number of hydrogen-bond acceptors (Lipinski definition) is 3. The Labute approximate surface area is 149 Å². The standard InChI is InChI=1S/C18H22F4N2O2/c19-13-4-3-12(16(5-13)18(20,21)22)8-23-14-6-15(7-14)24(10-17(25)26)9-11-1-2-11/h3-5,11,14-15,23H,1-2,6-10H2,(H,25,26). The molecule has 2 aliphatic carbocycles. The molecule has 0 amide bonds. The van der Waals surface area contributed by atoms with Crippen LogP contribution in [0.3, 0.4) is 0 Å². The highest BCUT2D eigenvalue weighted by Gasteiger charge is 2.38. The second-order valence-electron chi connectivity index (χ2n) is 7.27. The normalized spacial score (nSPS) is 23.1. The molecule has 0 saturated heterocycles. The number of nitrogens with zero attached hydrogens (tertiary/aromatic N) is 1. The summed E-state index contributed by atoms with van der Waals surface area (Å²) in [4.78, 5) is 13.0. The summed E-state index contributed by atoms with van der Waals surface area (Å²) < 4.78 is 52.2. The fourth-order valence-electron chi connectivity index (χ4n) is 3.42. The fraction of sp³-hybridized carbons (Fsp3) is 0.611. The Morgan fingerprint density at radius 3 is 2.54 bits per heavy atom. The zero-order chi connectivity index (χ0) is 18.9. The third-order valence-electron chi connectivity index (χ3n) is 5.12. The maximum absolute atomic E-state index is 13.1. The van der Waals surface area contributed by atoms with Gasteiger partial charge in [0.25, 0.3) is 0 Å². The Balaban J connectivity index is 1.52. The molecule has 2 N–H and O–H groups in total. The van der Waals surface area contributed by atoms with Crippen LogP contribution >= 0.6 is 0 Å². The summed E-state index contributed by atoms with van der Waals surface area (Å²) in [5.41, 5.74) is -0.940. The third-order valence-corrected chi connectivity index (χ3v) is 5.12. The Hall–Kier alpha value is -1.67. The second-order valence-corrected chi connectivity index (χ2v) is 7.27. The summed E-state index contributed by atoms with van der Waals surface area (Å²) in [6.07, 6.45) is -0.903. The van der Waals surface area contributed by atoms with Gasteiger partial charge in [-0.25, -0.2) is 4.39 Å². The van der Waals surface area contributed by atoms with Gasteiger partial charge in [0.1, 0.15) is 5.82 Å². The molecule has 3 rings (SSSR count). The van der Waals surface area contributed by atoms with Gasteiger partial charge in [0.15, 0.2) is 0 Å². The van der Waals surface area contributed by atoms with E-state index in [2.05, 4.69) is 5.32 Å². The van der Waals surface area contributed by atoms with Crippen molar-refractivity contribution in [3.8, 4) is 0 Å². The van der Waals surface area contributed by atoms with E-state index >= 15 is 0 Å². The first-order valence-electron chi connectivity index (χ1n) is 8.77. The number of carboxylic acids is 1. The van der Waals surface area contributed by atoms with E-state index in [0.29, 0.717) is 24.8 Å². The molecule has 2 saturated carbocycles. The minimum atomic E-state index is -4.59. The number of nitrogens with one attached hydrogen (secondary N) is 1. The summed E-state index contributed by atoms with van der Waals surface area (Å²) in [5.74, 6) is -1.19. The van der Waals surface area contributed by atoms with Crippen molar-refractivity contribution in [3.63, 3.8) is 0 Å². The average molecular weight is 374 g/mol. The Morgan fingerprint density at radius 1 is 1.27 bits per heavy atom. The van der Waals surface area contributed by atoms with Gasteiger partial charge in [0.2, 0.25) is 0 Å². The maximum Gasteiger partial charge on any atom is 0.416 e. The van der Waals surface area contributed by atoms with Gasteiger partial charge in [-0.05, 0) is 49.3 Å². The highest BCUT2D eigenvalue weighted by molar-refractivity contribution is 5.69. The number of alkyl halides is 3. The molecule has 4 nitrogen and oxygen atoms in total. The number of hydrogen-bond donors (Lipinski definition) is 2. The summed E-state index contributed by atoms with van der Waals surface area (Å²) in [6.45, 7) is 0.790. The van der Waals surface area contributed by atoms with Crippen LogP contribution in [0.1, 0.15) is 36.8 Å². The monoisotopic (exact) mass is 374 g/mol. The molecule has 0 spiro atoms. The van der Waals surface area contributed by atoms with Crippen molar-refractivity contribution in [2.75, 3.05) is 13.1 Å². The average Bonchev–Trinajstić information content (AvgIpc) is 3.29. The molecule has 2 fully saturated rings. The summed E-state index contributed by atoms with van der Waals surface area (Å²) >= 11 is 0. The van der Waals surface area contributed by atoms with Crippen molar-refractivity contribution in [1.82, 2.24) is 10.2 Å². The van der Waals surface area contributed by atoms with Crippen LogP contribution in [0.15, 0.2) is 18.2 Å². The predicted molar refractivity (Wildman–Crippen MR) is 87.0 cm³/mol. The fourth-order valence-corrected chi connectivity index (χ4v) is 3.42. The maximum atomic E-state index is 13.1. The molecule has 144 valence electrons. The molecule has 26 heavy (non-hydrogen) atoms. The predicted octanol–water partition coefficient (Wildman–Crippen LogP) is 3.26. The molecule has 0 unspecified atom stereocenters. The van der Waals surface area contributed by atoms with E-state index in [1.165, 1.54) is 0 Å². The van der Waals surface area contributed by atoms with Crippen LogP contribution in [0.25, 0.3) is 0 Å². The van der Waals surface area contributed by atoms with Gasteiger partial charge in [0.05, 0.1) is 12.1 Å². The largest absolute Gasteiger partial charge is 0.480 e. The zero-order valence-electron chi connectivity index (χ0n) is 14.2. The van der Waals surface area contributed by atoms with Gasteiger partial charge in [0, 0.05) is 25.2 Å². The Bertz CT molecular complexity index is 655. The van der Waals surface area contributed by atoms with E-state index in [0.717, 1.165) is 31.5 Å². The Kier molecular flexibility index (Phi) is 5.53. The van der Waals surface area contributed by atoms with Gasteiger partial charge >= 0.3 is 12.1 Å². The molecule has 0 heterocycles. The van der Waals surface area contributed by atoms with Crippen molar-refractivity contribution in [3.05, 3.63) is 35.1 Å². The van der Waals surface area contributed by atoms with Crippen molar-refractivity contribution in [2.45, 2.75) is 50.5 Å². The van der Waals surface area contributed by atoms with E-state index in [9.17, 15) is 22.4 Å². The lowest BCUT2D eigenvalue weighted by molar-refractivity contribution is -0.140. The lowest BCUT2D eigenvalue weighted by atomic mass is 9.85. The number of aliphatic carboxylic acids is 1. The first kappa shape index (κ1) is 19.1. The molecular weight excluding hydrogens is 352 g/mol. The first-order valence-corrected chi connectivity index (χ1v) is 8.77. The van der Waals surface area contributed by atoms with Crippen LogP contribution in [0, 0.1) is 11.7 Å². The van der Waals surface area contributed by atoms with Crippen molar-refractivity contribution < 1.29 is 27.5 Å². The van der Waals surface area contributed by atoms with Crippen LogP contribution in [0.5, 0.6) is 0 Å². The van der Waals surface area contributed by atoms with Crippen molar-refractivity contribution >= 4 is 5.97 Å². The highest BCUT2D eigenvalue weighted by atomic mass is 19.4. The van der Waals surface area contributed by atoms with Crippen LogP contribution in [-0.2, 0) is 17.5 Å². The summed E-state index contributed by atoms with van der Waals surface area (Å²) in [5, 5.41) is 12.1. The lowest BCUT2D eigenvalue weighted by Gasteiger charge is -2.43. The quantitative estimate of drug-likeness (QED) is 0.686. The number of carbonyl (C=O) groups is 1. The highest BCUT2D eigenvalue weighted by Crippen LogP contribution is 2.35. The second kappa shape index (κ2) is 7.52. The number of rotatable bonds is 8. The van der Waals surface area contributed by atoms with Crippen molar-refractivity contribution in [2.24, 2.45) is 5.92 Å². The third kappa shape index (κ3) is 4.94. The van der Waals surface area contributed by atoms with Crippen LogP contribution < -0.4 is 5.32 Å². The molecule has 0 aromatic heterocycles. The van der Waals surface area contributed by atoms with Gasteiger partial charge in [-0.15, -0.1) is 0 Å². The van der Waals surface area contributed by atoms with Crippen LogP contribution in [0.2, 0.25) is 0 Å². The topological polar surface area (TPSA) is 52.6 Å². The van der Waals surface area contributed by atoms with E-state index in [1.54, 1.807) is 0 Å². The molecule has 0 radical (unpaired) electrons.